The van der Waals surface area contributed by atoms with Gasteiger partial charge in [0.15, 0.2) is 0 Å². The van der Waals surface area contributed by atoms with E-state index < -0.39 is 6.10 Å². The highest BCUT2D eigenvalue weighted by Gasteiger charge is 2.21. The van der Waals surface area contributed by atoms with E-state index in [-0.39, 0.29) is 19.2 Å². The maximum atomic E-state index is 11.9. The van der Waals surface area contributed by atoms with E-state index in [4.69, 9.17) is 4.74 Å². The fraction of sp³-hybridized carbons (Fsp3) is 0.350. The van der Waals surface area contributed by atoms with Gasteiger partial charge in [0.2, 0.25) is 0 Å². The molecule has 1 fully saturated rings. The number of urea groups is 1. The zero-order valence-corrected chi connectivity index (χ0v) is 14.2. The predicted octanol–water partition coefficient (Wildman–Crippen LogP) is 3.26. The van der Waals surface area contributed by atoms with Crippen molar-refractivity contribution in [3.05, 3.63) is 54.6 Å². The number of carbonyl (C=O) groups is 1. The van der Waals surface area contributed by atoms with Gasteiger partial charge in [-0.25, -0.2) is 4.79 Å². The van der Waals surface area contributed by atoms with Gasteiger partial charge in [-0.1, -0.05) is 42.5 Å². The van der Waals surface area contributed by atoms with E-state index in [1.807, 2.05) is 54.6 Å². The Bertz CT molecular complexity index is 669. The molecule has 2 aromatic rings. The van der Waals surface area contributed by atoms with Crippen molar-refractivity contribution in [2.75, 3.05) is 25.1 Å². The van der Waals surface area contributed by atoms with Gasteiger partial charge < -0.3 is 20.5 Å². The van der Waals surface area contributed by atoms with Gasteiger partial charge in [0.25, 0.3) is 0 Å². The van der Waals surface area contributed by atoms with E-state index in [1.165, 1.54) is 12.8 Å². The lowest BCUT2D eigenvalue weighted by Gasteiger charge is -2.13. The van der Waals surface area contributed by atoms with Crippen molar-refractivity contribution in [3.63, 3.8) is 0 Å². The van der Waals surface area contributed by atoms with Gasteiger partial charge in [-0.15, -0.1) is 0 Å². The summed E-state index contributed by atoms with van der Waals surface area (Å²) in [7, 11) is 0. The fourth-order valence-corrected chi connectivity index (χ4v) is 2.48. The second kappa shape index (κ2) is 8.65. The van der Waals surface area contributed by atoms with Crippen LogP contribution in [0, 0.1) is 5.92 Å². The summed E-state index contributed by atoms with van der Waals surface area (Å²) in [6.07, 6.45) is 1.75. The summed E-state index contributed by atoms with van der Waals surface area (Å²) in [5, 5.41) is 15.2. The largest absolute Gasteiger partial charge is 0.389 e. The number of benzene rings is 2. The topological polar surface area (TPSA) is 70.6 Å². The van der Waals surface area contributed by atoms with Crippen molar-refractivity contribution in [1.82, 2.24) is 5.32 Å². The predicted molar refractivity (Wildman–Crippen MR) is 98.4 cm³/mol. The second-order valence-corrected chi connectivity index (χ2v) is 6.41. The minimum absolute atomic E-state index is 0.165. The average Bonchev–Trinajstić information content (AvgIpc) is 3.46. The fourth-order valence-electron chi connectivity index (χ4n) is 2.48. The van der Waals surface area contributed by atoms with Gasteiger partial charge in [-0.05, 0) is 42.0 Å². The van der Waals surface area contributed by atoms with Gasteiger partial charge in [0.1, 0.15) is 0 Å². The summed E-state index contributed by atoms with van der Waals surface area (Å²) in [5.41, 5.74) is 2.93. The zero-order chi connectivity index (χ0) is 17.5. The first kappa shape index (κ1) is 17.5. The van der Waals surface area contributed by atoms with Crippen LogP contribution in [-0.2, 0) is 4.74 Å². The zero-order valence-electron chi connectivity index (χ0n) is 14.2. The molecule has 0 saturated heterocycles. The van der Waals surface area contributed by atoms with Crippen LogP contribution in [-0.4, -0.2) is 37.0 Å². The quantitative estimate of drug-likeness (QED) is 0.691. The Kier molecular flexibility index (Phi) is 6.04. The average molecular weight is 340 g/mol. The van der Waals surface area contributed by atoms with E-state index in [1.54, 1.807) is 0 Å². The summed E-state index contributed by atoms with van der Waals surface area (Å²) in [5.74, 6) is 0.669. The Balaban J connectivity index is 1.39. The van der Waals surface area contributed by atoms with Gasteiger partial charge in [-0.3, -0.25) is 0 Å². The van der Waals surface area contributed by atoms with Crippen LogP contribution in [0.3, 0.4) is 0 Å². The molecule has 132 valence electrons. The molecule has 2 aromatic carbocycles. The SMILES string of the molecule is O=C(NCC(O)COCC1CC1)Nc1ccc(-c2ccccc2)cc1. The molecule has 5 nitrogen and oxygen atoms in total. The van der Waals surface area contributed by atoms with Gasteiger partial charge in [0, 0.05) is 18.8 Å². The number of rotatable bonds is 8. The van der Waals surface area contributed by atoms with Crippen molar-refractivity contribution in [2.45, 2.75) is 18.9 Å². The molecule has 0 aromatic heterocycles. The molecule has 0 bridgehead atoms. The summed E-state index contributed by atoms with van der Waals surface area (Å²) < 4.78 is 5.40. The molecule has 1 unspecified atom stereocenters. The highest BCUT2D eigenvalue weighted by molar-refractivity contribution is 5.89. The standard InChI is InChI=1S/C20H24N2O3/c23-19(14-25-13-15-6-7-15)12-21-20(24)22-18-10-8-17(9-11-18)16-4-2-1-3-5-16/h1-5,8-11,15,19,23H,6-7,12-14H2,(H2,21,22,24). The third kappa shape index (κ3) is 5.89. The number of ether oxygens (including phenoxy) is 1. The van der Waals surface area contributed by atoms with Crippen molar-refractivity contribution < 1.29 is 14.6 Å². The Morgan fingerprint density at radius 1 is 1.08 bits per heavy atom. The lowest BCUT2D eigenvalue weighted by atomic mass is 10.1. The molecule has 0 heterocycles. The number of hydrogen-bond acceptors (Lipinski definition) is 3. The molecule has 1 aliphatic carbocycles. The van der Waals surface area contributed by atoms with Crippen LogP contribution >= 0.6 is 0 Å². The van der Waals surface area contributed by atoms with Crippen molar-refractivity contribution in [3.8, 4) is 11.1 Å². The van der Waals surface area contributed by atoms with Crippen LogP contribution in [0.5, 0.6) is 0 Å². The lowest BCUT2D eigenvalue weighted by Crippen LogP contribution is -2.37. The molecule has 0 aliphatic heterocycles. The molecular formula is C20H24N2O3. The van der Waals surface area contributed by atoms with Crippen LogP contribution in [0.2, 0.25) is 0 Å². The Morgan fingerprint density at radius 2 is 1.76 bits per heavy atom. The highest BCUT2D eigenvalue weighted by Crippen LogP contribution is 2.28. The third-order valence-electron chi connectivity index (χ3n) is 4.11. The number of hydrogen-bond donors (Lipinski definition) is 3. The molecule has 1 saturated carbocycles. The van der Waals surface area contributed by atoms with Crippen molar-refractivity contribution in [2.24, 2.45) is 5.92 Å². The molecular weight excluding hydrogens is 316 g/mol. The lowest BCUT2D eigenvalue weighted by molar-refractivity contribution is 0.0339. The number of carbonyl (C=O) groups excluding carboxylic acids is 1. The number of amides is 2. The smallest absolute Gasteiger partial charge is 0.319 e. The van der Waals surface area contributed by atoms with Gasteiger partial charge >= 0.3 is 6.03 Å². The van der Waals surface area contributed by atoms with Crippen LogP contribution in [0.25, 0.3) is 11.1 Å². The molecule has 25 heavy (non-hydrogen) atoms. The van der Waals surface area contributed by atoms with E-state index >= 15 is 0 Å². The van der Waals surface area contributed by atoms with Crippen molar-refractivity contribution >= 4 is 11.7 Å². The Morgan fingerprint density at radius 3 is 2.44 bits per heavy atom. The van der Waals surface area contributed by atoms with Crippen LogP contribution in [0.15, 0.2) is 54.6 Å². The molecule has 5 heteroatoms. The minimum Gasteiger partial charge on any atom is -0.389 e. The normalized spacial score (nSPS) is 14.8. The first-order chi connectivity index (χ1) is 12.2. The number of anilines is 1. The molecule has 2 amide bonds. The first-order valence-corrected chi connectivity index (χ1v) is 8.67. The number of nitrogens with one attached hydrogen (secondary N) is 2. The molecule has 0 spiro atoms. The van der Waals surface area contributed by atoms with Crippen LogP contribution in [0.1, 0.15) is 12.8 Å². The number of aliphatic hydroxyl groups is 1. The molecule has 3 rings (SSSR count). The summed E-state index contributed by atoms with van der Waals surface area (Å²) in [6.45, 7) is 1.12. The third-order valence-corrected chi connectivity index (χ3v) is 4.11. The maximum Gasteiger partial charge on any atom is 0.319 e. The first-order valence-electron chi connectivity index (χ1n) is 8.67. The van der Waals surface area contributed by atoms with Crippen LogP contribution in [0.4, 0.5) is 10.5 Å². The van der Waals surface area contributed by atoms with E-state index in [2.05, 4.69) is 10.6 Å². The summed E-state index contributed by atoms with van der Waals surface area (Å²) in [4.78, 5) is 11.9. The van der Waals surface area contributed by atoms with E-state index in [0.717, 1.165) is 11.1 Å². The maximum absolute atomic E-state index is 11.9. The molecule has 1 aliphatic rings. The summed E-state index contributed by atoms with van der Waals surface area (Å²) >= 11 is 0. The van der Waals surface area contributed by atoms with Gasteiger partial charge in [0.05, 0.1) is 12.7 Å². The van der Waals surface area contributed by atoms with E-state index in [0.29, 0.717) is 18.2 Å². The van der Waals surface area contributed by atoms with Gasteiger partial charge in [-0.2, -0.15) is 0 Å². The molecule has 1 atom stereocenters. The molecule has 3 N–H and O–H groups in total. The van der Waals surface area contributed by atoms with E-state index in [9.17, 15) is 9.90 Å². The minimum atomic E-state index is -0.690. The van der Waals surface area contributed by atoms with Crippen LogP contribution < -0.4 is 10.6 Å². The summed E-state index contributed by atoms with van der Waals surface area (Å²) in [6, 6.07) is 17.4. The highest BCUT2D eigenvalue weighted by atomic mass is 16.5. The monoisotopic (exact) mass is 340 g/mol. The molecule has 0 radical (unpaired) electrons. The number of aliphatic hydroxyl groups excluding tert-OH is 1. The Labute approximate surface area is 148 Å². The van der Waals surface area contributed by atoms with Crippen molar-refractivity contribution in [1.29, 1.82) is 0 Å². The Hall–Kier alpha value is -2.37. The second-order valence-electron chi connectivity index (χ2n) is 6.41.